The second kappa shape index (κ2) is 24.6. The van der Waals surface area contributed by atoms with Crippen molar-refractivity contribution < 1.29 is 42.1 Å². The van der Waals surface area contributed by atoms with E-state index in [1.165, 1.54) is 83.5 Å². The van der Waals surface area contributed by atoms with Crippen LogP contribution >= 0.6 is 7.82 Å². The molecule has 0 aliphatic rings. The van der Waals surface area contributed by atoms with E-state index in [1.807, 2.05) is 21.1 Å². The Balaban J connectivity index is 4.04. The number of phosphoric ester groups is 1. The maximum atomic E-state index is 12.3. The molecule has 0 bridgehead atoms. The smallest absolute Gasteiger partial charge is 0.462 e. The van der Waals surface area contributed by atoms with Crippen molar-refractivity contribution >= 4 is 19.8 Å². The molecule has 0 fully saturated rings. The van der Waals surface area contributed by atoms with Gasteiger partial charge in [-0.05, 0) is 6.42 Å². The normalized spacial score (nSPS) is 14.1. The largest absolute Gasteiger partial charge is 0.472 e. The first-order valence-electron chi connectivity index (χ1n) is 15.8. The molecule has 40 heavy (non-hydrogen) atoms. The van der Waals surface area contributed by atoms with Crippen molar-refractivity contribution in [2.24, 2.45) is 0 Å². The van der Waals surface area contributed by atoms with Crippen LogP contribution in [0.25, 0.3) is 0 Å². The van der Waals surface area contributed by atoms with Crippen molar-refractivity contribution in [2.75, 3.05) is 47.5 Å². The summed E-state index contributed by atoms with van der Waals surface area (Å²) in [5.74, 6) is -0.893. The highest BCUT2D eigenvalue weighted by Crippen LogP contribution is 2.43. The second-order valence-electron chi connectivity index (χ2n) is 11.8. The van der Waals surface area contributed by atoms with Gasteiger partial charge in [0.05, 0.1) is 27.7 Å². The SMILES string of the molecule is CCCCCCCCCCCCCCCCCCC(=O)OC(COC(=O)CC)COP(=O)(O)OCC[N+](C)(C)C. The molecule has 0 aromatic carbocycles. The molecule has 0 aromatic rings. The summed E-state index contributed by atoms with van der Waals surface area (Å²) in [6.45, 7) is 3.82. The van der Waals surface area contributed by atoms with Crippen LogP contribution in [0.2, 0.25) is 0 Å². The number of likely N-dealkylation sites (N-methyl/N-ethyl adjacent to an activating group) is 1. The predicted molar refractivity (Wildman–Crippen MR) is 160 cm³/mol. The molecule has 238 valence electrons. The van der Waals surface area contributed by atoms with Crippen molar-refractivity contribution in [1.82, 2.24) is 0 Å². The van der Waals surface area contributed by atoms with E-state index >= 15 is 0 Å². The van der Waals surface area contributed by atoms with E-state index in [4.69, 9.17) is 18.5 Å². The molecule has 0 spiro atoms. The van der Waals surface area contributed by atoms with Gasteiger partial charge in [-0.3, -0.25) is 18.6 Å². The van der Waals surface area contributed by atoms with Crippen molar-refractivity contribution in [3.63, 3.8) is 0 Å². The number of carbonyl (C=O) groups excluding carboxylic acids is 2. The lowest BCUT2D eigenvalue weighted by Crippen LogP contribution is -2.37. The van der Waals surface area contributed by atoms with Gasteiger partial charge >= 0.3 is 19.8 Å². The molecule has 0 saturated carbocycles. The van der Waals surface area contributed by atoms with Crippen LogP contribution in [-0.2, 0) is 32.7 Å². The standard InChI is InChI=1S/C30H60NO8P/c1-6-8-9-10-11-12-13-14-15-16-17-18-19-20-21-22-23-30(33)39-28(26-36-29(32)7-2)27-38-40(34,35)37-25-24-31(3,4)5/h28H,6-27H2,1-5H3/p+1. The molecule has 2 atom stereocenters. The average molecular weight is 595 g/mol. The van der Waals surface area contributed by atoms with Gasteiger partial charge in [-0.2, -0.15) is 0 Å². The summed E-state index contributed by atoms with van der Waals surface area (Å²) in [5, 5.41) is 0. The number of carbonyl (C=O) groups is 2. The Morgan fingerprint density at radius 2 is 1.18 bits per heavy atom. The molecular weight excluding hydrogens is 533 g/mol. The third-order valence-electron chi connectivity index (χ3n) is 6.69. The van der Waals surface area contributed by atoms with E-state index < -0.39 is 32.5 Å². The summed E-state index contributed by atoms with van der Waals surface area (Å²) in [4.78, 5) is 33.8. The Bertz CT molecular complexity index is 683. The first kappa shape index (κ1) is 39.0. The zero-order chi connectivity index (χ0) is 30.1. The van der Waals surface area contributed by atoms with E-state index in [1.54, 1.807) is 6.92 Å². The molecule has 0 heterocycles. The zero-order valence-electron chi connectivity index (χ0n) is 26.3. The number of phosphoric acid groups is 1. The maximum absolute atomic E-state index is 12.3. The average Bonchev–Trinajstić information content (AvgIpc) is 2.88. The summed E-state index contributed by atoms with van der Waals surface area (Å²) in [5.41, 5.74) is 0. The first-order chi connectivity index (χ1) is 19.0. The van der Waals surface area contributed by atoms with Gasteiger partial charge in [0, 0.05) is 12.8 Å². The fraction of sp³-hybridized carbons (Fsp3) is 0.933. The third kappa shape index (κ3) is 27.2. The fourth-order valence-electron chi connectivity index (χ4n) is 4.11. The maximum Gasteiger partial charge on any atom is 0.472 e. The second-order valence-corrected chi connectivity index (χ2v) is 13.3. The fourth-order valence-corrected chi connectivity index (χ4v) is 4.85. The van der Waals surface area contributed by atoms with Crippen molar-refractivity contribution in [3.8, 4) is 0 Å². The highest BCUT2D eigenvalue weighted by atomic mass is 31.2. The number of rotatable bonds is 28. The van der Waals surface area contributed by atoms with Crippen LogP contribution in [-0.4, -0.2) is 74.9 Å². The Labute approximate surface area is 244 Å². The van der Waals surface area contributed by atoms with E-state index in [9.17, 15) is 19.0 Å². The molecule has 0 amide bonds. The number of hydrogen-bond acceptors (Lipinski definition) is 7. The zero-order valence-corrected chi connectivity index (χ0v) is 27.2. The van der Waals surface area contributed by atoms with Crippen LogP contribution < -0.4 is 0 Å². The van der Waals surface area contributed by atoms with Crippen LogP contribution in [0.1, 0.15) is 129 Å². The number of hydrogen-bond donors (Lipinski definition) is 1. The van der Waals surface area contributed by atoms with Crippen molar-refractivity contribution in [2.45, 2.75) is 136 Å². The summed E-state index contributed by atoms with van der Waals surface area (Å²) in [7, 11) is 1.48. The van der Waals surface area contributed by atoms with E-state index in [-0.39, 0.29) is 26.1 Å². The van der Waals surface area contributed by atoms with Gasteiger partial charge in [-0.25, -0.2) is 4.57 Å². The molecule has 0 aromatic heterocycles. The molecular formula is C30H61NO8P+. The molecule has 0 radical (unpaired) electrons. The van der Waals surface area contributed by atoms with Crippen LogP contribution in [0, 0.1) is 0 Å². The molecule has 0 aliphatic carbocycles. The number of esters is 2. The molecule has 9 nitrogen and oxygen atoms in total. The van der Waals surface area contributed by atoms with E-state index in [0.29, 0.717) is 17.4 Å². The third-order valence-corrected chi connectivity index (χ3v) is 7.68. The molecule has 1 N–H and O–H groups in total. The van der Waals surface area contributed by atoms with Crippen LogP contribution in [0.15, 0.2) is 0 Å². The highest BCUT2D eigenvalue weighted by Gasteiger charge is 2.26. The number of unbranched alkanes of at least 4 members (excludes halogenated alkanes) is 15. The Morgan fingerprint density at radius 1 is 0.700 bits per heavy atom. The topological polar surface area (TPSA) is 108 Å². The predicted octanol–water partition coefficient (Wildman–Crippen LogP) is 7.34. The summed E-state index contributed by atoms with van der Waals surface area (Å²) in [6.07, 6.45) is 19.5. The highest BCUT2D eigenvalue weighted by molar-refractivity contribution is 7.47. The molecule has 0 saturated heterocycles. The summed E-state index contributed by atoms with van der Waals surface area (Å²) >= 11 is 0. The molecule has 10 heteroatoms. The lowest BCUT2D eigenvalue weighted by molar-refractivity contribution is -0.870. The monoisotopic (exact) mass is 594 g/mol. The minimum absolute atomic E-state index is 0.0335. The minimum Gasteiger partial charge on any atom is -0.462 e. The summed E-state index contributed by atoms with van der Waals surface area (Å²) < 4.78 is 33.2. The van der Waals surface area contributed by atoms with Gasteiger partial charge in [-0.1, -0.05) is 110 Å². The van der Waals surface area contributed by atoms with Gasteiger partial charge in [-0.15, -0.1) is 0 Å². The van der Waals surface area contributed by atoms with Crippen LogP contribution in [0.4, 0.5) is 0 Å². The van der Waals surface area contributed by atoms with E-state index in [2.05, 4.69) is 6.92 Å². The Hall–Kier alpha value is -0.990. The Morgan fingerprint density at radius 3 is 1.62 bits per heavy atom. The minimum atomic E-state index is -4.33. The van der Waals surface area contributed by atoms with Gasteiger partial charge in [0.2, 0.25) is 0 Å². The van der Waals surface area contributed by atoms with Crippen molar-refractivity contribution in [1.29, 1.82) is 0 Å². The van der Waals surface area contributed by atoms with Gasteiger partial charge in [0.1, 0.15) is 19.8 Å². The number of quaternary nitrogens is 1. The van der Waals surface area contributed by atoms with Crippen molar-refractivity contribution in [3.05, 3.63) is 0 Å². The number of nitrogens with zero attached hydrogens (tertiary/aromatic N) is 1. The molecule has 2 unspecified atom stereocenters. The van der Waals surface area contributed by atoms with Gasteiger partial charge < -0.3 is 18.9 Å². The lowest BCUT2D eigenvalue weighted by Gasteiger charge is -2.24. The van der Waals surface area contributed by atoms with E-state index in [0.717, 1.165) is 12.8 Å². The quantitative estimate of drug-likeness (QED) is 0.0434. The van der Waals surface area contributed by atoms with Crippen LogP contribution in [0.3, 0.4) is 0 Å². The lowest BCUT2D eigenvalue weighted by atomic mass is 10.0. The summed E-state index contributed by atoms with van der Waals surface area (Å²) in [6, 6.07) is 0. The van der Waals surface area contributed by atoms with Gasteiger partial charge in [0.25, 0.3) is 0 Å². The Kier molecular flexibility index (Phi) is 24.0. The first-order valence-corrected chi connectivity index (χ1v) is 17.3. The van der Waals surface area contributed by atoms with Gasteiger partial charge in [0.15, 0.2) is 6.10 Å². The number of ether oxygens (including phenoxy) is 2. The molecule has 0 aliphatic heterocycles. The molecule has 0 rings (SSSR count). The van der Waals surface area contributed by atoms with Crippen LogP contribution in [0.5, 0.6) is 0 Å².